The summed E-state index contributed by atoms with van der Waals surface area (Å²) in [5.74, 6) is -3.29. The smallest absolute Gasteiger partial charge is 0.250 e. The largest absolute Gasteiger partial charge is 0.370 e. The number of amides is 4. The molecule has 29 heavy (non-hydrogen) atoms. The number of aryl methyl sites for hydroxylation is 1. The predicted octanol–water partition coefficient (Wildman–Crippen LogP) is 0.699. The second kappa shape index (κ2) is 6.66. The lowest BCUT2D eigenvalue weighted by molar-refractivity contribution is -0.142. The highest BCUT2D eigenvalue weighted by Gasteiger charge is 2.70. The average Bonchev–Trinajstić information content (AvgIpc) is 3.22. The summed E-state index contributed by atoms with van der Waals surface area (Å²) in [6.07, 6.45) is 1.41. The zero-order valence-corrected chi connectivity index (χ0v) is 16.9. The Bertz CT molecular complexity index is 943. The van der Waals surface area contributed by atoms with E-state index in [1.54, 1.807) is 0 Å². The standard InChI is InChI=1S/C21H26N4O4/c1-4-5-8-25-18(27)15-13(9-14(22)26)24-21(16(15)19(25)28)12-7-6-10(2)11(3)17(12)23-20(21)29/h6-7,13,15-16,24H,4-5,8-9H2,1-3H3,(H2,22,26)(H,23,29)/t13-,15-,16+,21+/m1/s1. The molecule has 1 spiro atoms. The first-order chi connectivity index (χ1) is 13.7. The van der Waals surface area contributed by atoms with Gasteiger partial charge < -0.3 is 11.1 Å². The van der Waals surface area contributed by atoms with Gasteiger partial charge in [0.1, 0.15) is 5.54 Å². The number of nitrogens with one attached hydrogen (secondary N) is 2. The van der Waals surface area contributed by atoms with Gasteiger partial charge in [-0.3, -0.25) is 29.4 Å². The van der Waals surface area contributed by atoms with Crippen LogP contribution in [0, 0.1) is 25.7 Å². The summed E-state index contributed by atoms with van der Waals surface area (Å²) in [6.45, 7) is 6.17. The highest BCUT2D eigenvalue weighted by Crippen LogP contribution is 2.54. The Morgan fingerprint density at radius 2 is 1.93 bits per heavy atom. The molecule has 3 heterocycles. The number of imide groups is 1. The van der Waals surface area contributed by atoms with Gasteiger partial charge in [0.25, 0.3) is 0 Å². The normalized spacial score (nSPS) is 30.1. The average molecular weight is 398 g/mol. The van der Waals surface area contributed by atoms with Crippen LogP contribution in [0.4, 0.5) is 5.69 Å². The predicted molar refractivity (Wildman–Crippen MR) is 106 cm³/mol. The fourth-order valence-electron chi connectivity index (χ4n) is 5.11. The molecule has 3 aliphatic heterocycles. The molecule has 1 aromatic carbocycles. The van der Waals surface area contributed by atoms with Gasteiger partial charge in [-0.15, -0.1) is 0 Å². The minimum atomic E-state index is -1.37. The molecule has 0 aliphatic carbocycles. The van der Waals surface area contributed by atoms with Crippen LogP contribution in [0.15, 0.2) is 12.1 Å². The van der Waals surface area contributed by atoms with Crippen molar-refractivity contribution in [2.45, 2.75) is 51.6 Å². The third kappa shape index (κ3) is 2.55. The monoisotopic (exact) mass is 398 g/mol. The van der Waals surface area contributed by atoms with E-state index < -0.39 is 29.3 Å². The summed E-state index contributed by atoms with van der Waals surface area (Å²) >= 11 is 0. The minimum absolute atomic E-state index is 0.114. The fourth-order valence-corrected chi connectivity index (χ4v) is 5.11. The summed E-state index contributed by atoms with van der Waals surface area (Å²) in [6, 6.07) is 3.07. The molecule has 4 amide bonds. The molecule has 3 aliphatic rings. The molecule has 0 radical (unpaired) electrons. The fraction of sp³-hybridized carbons (Fsp3) is 0.524. The number of likely N-dealkylation sites (tertiary alicyclic amines) is 1. The van der Waals surface area contributed by atoms with Crippen LogP contribution in [-0.4, -0.2) is 41.1 Å². The molecule has 0 saturated carbocycles. The summed E-state index contributed by atoms with van der Waals surface area (Å²) < 4.78 is 0. The van der Waals surface area contributed by atoms with Crippen LogP contribution in [0.2, 0.25) is 0 Å². The van der Waals surface area contributed by atoms with Crippen LogP contribution in [0.3, 0.4) is 0 Å². The first-order valence-electron chi connectivity index (χ1n) is 10.1. The first-order valence-corrected chi connectivity index (χ1v) is 10.1. The van der Waals surface area contributed by atoms with Gasteiger partial charge >= 0.3 is 0 Å². The highest BCUT2D eigenvalue weighted by molar-refractivity contribution is 6.15. The summed E-state index contributed by atoms with van der Waals surface area (Å²) in [5.41, 5.74) is 7.32. The van der Waals surface area contributed by atoms with E-state index in [0.717, 1.165) is 17.5 Å². The van der Waals surface area contributed by atoms with Gasteiger partial charge in [0.2, 0.25) is 23.6 Å². The molecule has 8 nitrogen and oxygen atoms in total. The number of primary amides is 1. The van der Waals surface area contributed by atoms with E-state index in [1.807, 2.05) is 32.9 Å². The Kier molecular flexibility index (Phi) is 4.49. The van der Waals surface area contributed by atoms with E-state index in [2.05, 4.69) is 10.6 Å². The molecule has 2 saturated heterocycles. The molecule has 4 atom stereocenters. The topological polar surface area (TPSA) is 122 Å². The zero-order chi connectivity index (χ0) is 21.1. The Balaban J connectivity index is 1.86. The van der Waals surface area contributed by atoms with Crippen molar-refractivity contribution in [2.75, 3.05) is 11.9 Å². The first kappa shape index (κ1) is 19.6. The molecule has 2 fully saturated rings. The summed E-state index contributed by atoms with van der Waals surface area (Å²) in [7, 11) is 0. The zero-order valence-electron chi connectivity index (χ0n) is 16.9. The number of carbonyl (C=O) groups is 4. The number of hydrogen-bond donors (Lipinski definition) is 3. The Morgan fingerprint density at radius 3 is 2.59 bits per heavy atom. The van der Waals surface area contributed by atoms with Crippen molar-refractivity contribution in [3.8, 4) is 0 Å². The maximum absolute atomic E-state index is 13.4. The van der Waals surface area contributed by atoms with Gasteiger partial charge in [-0.1, -0.05) is 25.5 Å². The van der Waals surface area contributed by atoms with Gasteiger partial charge in [-0.25, -0.2) is 0 Å². The number of hydrogen-bond acceptors (Lipinski definition) is 5. The number of fused-ring (bicyclic) bond motifs is 4. The summed E-state index contributed by atoms with van der Waals surface area (Å²) in [4.78, 5) is 52.8. The van der Waals surface area contributed by atoms with E-state index in [0.29, 0.717) is 24.2 Å². The van der Waals surface area contributed by atoms with Gasteiger partial charge in [-0.05, 0) is 31.4 Å². The van der Waals surface area contributed by atoms with E-state index in [-0.39, 0.29) is 24.1 Å². The molecule has 1 aromatic rings. The molecule has 0 unspecified atom stereocenters. The molecule has 0 aromatic heterocycles. The van der Waals surface area contributed by atoms with Crippen molar-refractivity contribution < 1.29 is 19.2 Å². The van der Waals surface area contributed by atoms with E-state index in [9.17, 15) is 19.2 Å². The number of nitrogens with two attached hydrogens (primary N) is 1. The maximum atomic E-state index is 13.4. The Labute approximate surface area is 169 Å². The summed E-state index contributed by atoms with van der Waals surface area (Å²) in [5, 5.41) is 6.13. The molecule has 154 valence electrons. The lowest BCUT2D eigenvalue weighted by Gasteiger charge is -2.29. The van der Waals surface area contributed by atoms with E-state index in [4.69, 9.17) is 5.73 Å². The number of nitrogens with zero attached hydrogens (tertiary/aromatic N) is 1. The number of benzene rings is 1. The van der Waals surface area contributed by atoms with Gasteiger partial charge in [0.05, 0.1) is 11.8 Å². The van der Waals surface area contributed by atoms with Crippen LogP contribution in [-0.2, 0) is 24.7 Å². The van der Waals surface area contributed by atoms with Crippen LogP contribution in [0.25, 0.3) is 0 Å². The second-order valence-corrected chi connectivity index (χ2v) is 8.30. The Hall–Kier alpha value is -2.74. The van der Waals surface area contributed by atoms with Crippen LogP contribution in [0.1, 0.15) is 42.9 Å². The van der Waals surface area contributed by atoms with Crippen molar-refractivity contribution in [3.63, 3.8) is 0 Å². The Morgan fingerprint density at radius 1 is 1.21 bits per heavy atom. The minimum Gasteiger partial charge on any atom is -0.370 e. The lowest BCUT2D eigenvalue weighted by Crippen LogP contribution is -2.53. The molecule has 4 N–H and O–H groups in total. The van der Waals surface area contributed by atoms with Crippen LogP contribution < -0.4 is 16.4 Å². The van der Waals surface area contributed by atoms with Gasteiger partial charge in [-0.2, -0.15) is 0 Å². The quantitative estimate of drug-likeness (QED) is 0.631. The lowest BCUT2D eigenvalue weighted by atomic mass is 9.76. The third-order valence-electron chi connectivity index (χ3n) is 6.67. The molecule has 0 bridgehead atoms. The molecule has 4 rings (SSSR count). The van der Waals surface area contributed by atoms with Gasteiger partial charge in [0, 0.05) is 30.3 Å². The number of carbonyl (C=O) groups excluding carboxylic acids is 4. The highest BCUT2D eigenvalue weighted by atomic mass is 16.2. The van der Waals surface area contributed by atoms with Crippen molar-refractivity contribution >= 4 is 29.3 Å². The number of rotatable bonds is 5. The molecular formula is C21H26N4O4. The van der Waals surface area contributed by atoms with Crippen molar-refractivity contribution in [2.24, 2.45) is 17.6 Å². The second-order valence-electron chi connectivity index (χ2n) is 8.30. The van der Waals surface area contributed by atoms with Crippen LogP contribution >= 0.6 is 0 Å². The van der Waals surface area contributed by atoms with Crippen molar-refractivity contribution in [1.82, 2.24) is 10.2 Å². The maximum Gasteiger partial charge on any atom is 0.250 e. The van der Waals surface area contributed by atoms with E-state index >= 15 is 0 Å². The van der Waals surface area contributed by atoms with Crippen LogP contribution in [0.5, 0.6) is 0 Å². The van der Waals surface area contributed by atoms with Crippen molar-refractivity contribution in [3.05, 3.63) is 28.8 Å². The molecule has 8 heteroatoms. The number of unbranched alkanes of at least 4 members (excludes halogenated alkanes) is 1. The SMILES string of the molecule is CCCCN1C(=O)[C@H]2[C@@H](C1=O)[C@]1(N[C@@H]2CC(N)=O)C(=O)Nc2c1ccc(C)c2C. The van der Waals surface area contributed by atoms with Gasteiger partial charge in [0.15, 0.2) is 0 Å². The number of anilines is 1. The van der Waals surface area contributed by atoms with E-state index in [1.165, 1.54) is 4.90 Å². The van der Waals surface area contributed by atoms with Crippen molar-refractivity contribution in [1.29, 1.82) is 0 Å². The third-order valence-corrected chi connectivity index (χ3v) is 6.67. The molecular weight excluding hydrogens is 372 g/mol.